The molecule has 1 heterocycles. The topological polar surface area (TPSA) is 33.7 Å². The van der Waals surface area contributed by atoms with Crippen molar-refractivity contribution in [2.45, 2.75) is 32.7 Å². The Balaban J connectivity index is 2.01. The molecule has 0 bridgehead atoms. The molecule has 1 aromatic rings. The molecule has 0 saturated carbocycles. The number of morpholine rings is 1. The fourth-order valence-electron chi connectivity index (χ4n) is 3.17. The predicted molar refractivity (Wildman–Crippen MR) is 95.1 cm³/mol. The summed E-state index contributed by atoms with van der Waals surface area (Å²) in [6.45, 7) is 10.3. The van der Waals surface area contributed by atoms with Gasteiger partial charge >= 0.3 is 0 Å². The molecule has 0 aliphatic carbocycles. The van der Waals surface area contributed by atoms with Gasteiger partial charge in [0.15, 0.2) is 0 Å². The molecule has 1 aromatic carbocycles. The molecule has 4 nitrogen and oxygen atoms in total. The van der Waals surface area contributed by atoms with Crippen molar-refractivity contribution < 1.29 is 9.47 Å². The van der Waals surface area contributed by atoms with Crippen LogP contribution in [0.1, 0.15) is 38.3 Å². The second kappa shape index (κ2) is 9.91. The second-order valence-electron chi connectivity index (χ2n) is 6.28. The van der Waals surface area contributed by atoms with E-state index in [9.17, 15) is 0 Å². The van der Waals surface area contributed by atoms with Crippen LogP contribution in [-0.4, -0.2) is 51.4 Å². The first-order valence-electron chi connectivity index (χ1n) is 8.94. The molecule has 1 aliphatic heterocycles. The molecule has 0 aromatic heterocycles. The summed E-state index contributed by atoms with van der Waals surface area (Å²) in [4.78, 5) is 2.53. The van der Waals surface area contributed by atoms with E-state index in [1.54, 1.807) is 7.11 Å². The second-order valence-corrected chi connectivity index (χ2v) is 6.28. The summed E-state index contributed by atoms with van der Waals surface area (Å²) >= 11 is 0. The third kappa shape index (κ3) is 5.48. The maximum Gasteiger partial charge on any atom is 0.118 e. The lowest BCUT2D eigenvalue weighted by atomic mass is 10.0. The molecule has 1 saturated heterocycles. The Morgan fingerprint density at radius 3 is 2.30 bits per heavy atom. The molecule has 0 radical (unpaired) electrons. The third-order valence-corrected chi connectivity index (χ3v) is 4.91. The lowest BCUT2D eigenvalue weighted by molar-refractivity contribution is 0.0160. The van der Waals surface area contributed by atoms with Crippen molar-refractivity contribution in [3.8, 4) is 5.75 Å². The highest BCUT2D eigenvalue weighted by molar-refractivity contribution is 5.29. The lowest BCUT2D eigenvalue weighted by Crippen LogP contribution is -2.43. The minimum atomic E-state index is 0.402. The van der Waals surface area contributed by atoms with Crippen LogP contribution in [0.3, 0.4) is 0 Å². The van der Waals surface area contributed by atoms with Gasteiger partial charge in [0.1, 0.15) is 5.75 Å². The van der Waals surface area contributed by atoms with Crippen molar-refractivity contribution in [1.82, 2.24) is 10.2 Å². The standard InChI is InChI=1S/C19H32N2O2/c1-4-16(5-2)14-20-15-19(21-10-12-23-13-11-21)17-6-8-18(22-3)9-7-17/h6-9,16,19-20H,4-5,10-15H2,1-3H3. The van der Waals surface area contributed by atoms with Gasteiger partial charge in [0.05, 0.1) is 20.3 Å². The van der Waals surface area contributed by atoms with E-state index in [0.29, 0.717) is 6.04 Å². The van der Waals surface area contributed by atoms with Gasteiger partial charge in [-0.25, -0.2) is 0 Å². The zero-order valence-electron chi connectivity index (χ0n) is 14.9. The molecule has 1 aliphatic rings. The zero-order chi connectivity index (χ0) is 16.5. The summed E-state index contributed by atoms with van der Waals surface area (Å²) in [7, 11) is 1.71. The van der Waals surface area contributed by atoms with Crippen LogP contribution in [-0.2, 0) is 4.74 Å². The number of methoxy groups -OCH3 is 1. The fraction of sp³-hybridized carbons (Fsp3) is 0.684. The zero-order valence-corrected chi connectivity index (χ0v) is 14.9. The van der Waals surface area contributed by atoms with E-state index < -0.39 is 0 Å². The SMILES string of the molecule is CCC(CC)CNCC(c1ccc(OC)cc1)N1CCOCC1. The first-order valence-corrected chi connectivity index (χ1v) is 8.94. The highest BCUT2D eigenvalue weighted by atomic mass is 16.5. The van der Waals surface area contributed by atoms with E-state index in [0.717, 1.165) is 51.1 Å². The number of hydrogen-bond acceptors (Lipinski definition) is 4. The Bertz CT molecular complexity index is 426. The largest absolute Gasteiger partial charge is 0.497 e. The number of nitrogens with zero attached hydrogens (tertiary/aromatic N) is 1. The normalized spacial score (nSPS) is 17.4. The molecular weight excluding hydrogens is 288 g/mol. The predicted octanol–water partition coefficient (Wildman–Crippen LogP) is 3.09. The van der Waals surface area contributed by atoms with E-state index in [-0.39, 0.29) is 0 Å². The van der Waals surface area contributed by atoms with E-state index in [4.69, 9.17) is 9.47 Å². The van der Waals surface area contributed by atoms with Crippen LogP contribution in [0.4, 0.5) is 0 Å². The van der Waals surface area contributed by atoms with Gasteiger partial charge in [0, 0.05) is 25.7 Å². The smallest absolute Gasteiger partial charge is 0.118 e. The van der Waals surface area contributed by atoms with Crippen molar-refractivity contribution in [2.75, 3.05) is 46.5 Å². The Hall–Kier alpha value is -1.10. The average Bonchev–Trinajstić information content (AvgIpc) is 2.63. The number of ether oxygens (including phenoxy) is 2. The quantitative estimate of drug-likeness (QED) is 0.758. The van der Waals surface area contributed by atoms with Gasteiger partial charge in [0.25, 0.3) is 0 Å². The van der Waals surface area contributed by atoms with Gasteiger partial charge in [-0.2, -0.15) is 0 Å². The molecule has 0 spiro atoms. The Kier molecular flexibility index (Phi) is 7.86. The van der Waals surface area contributed by atoms with Gasteiger partial charge in [-0.15, -0.1) is 0 Å². The van der Waals surface area contributed by atoms with Crippen LogP contribution in [0.5, 0.6) is 5.75 Å². The molecule has 130 valence electrons. The molecular formula is C19H32N2O2. The lowest BCUT2D eigenvalue weighted by Gasteiger charge is -2.35. The van der Waals surface area contributed by atoms with E-state index >= 15 is 0 Å². The fourth-order valence-corrected chi connectivity index (χ4v) is 3.17. The number of hydrogen-bond donors (Lipinski definition) is 1. The highest BCUT2D eigenvalue weighted by Crippen LogP contribution is 2.23. The van der Waals surface area contributed by atoms with Crippen molar-refractivity contribution in [3.63, 3.8) is 0 Å². The average molecular weight is 320 g/mol. The summed E-state index contributed by atoms with van der Waals surface area (Å²) in [5.74, 6) is 1.69. The van der Waals surface area contributed by atoms with E-state index in [2.05, 4.69) is 48.3 Å². The van der Waals surface area contributed by atoms with Crippen LogP contribution in [0.25, 0.3) is 0 Å². The maximum absolute atomic E-state index is 5.52. The molecule has 0 amide bonds. The summed E-state index contributed by atoms with van der Waals surface area (Å²) in [5.41, 5.74) is 1.35. The van der Waals surface area contributed by atoms with Crippen LogP contribution in [0.15, 0.2) is 24.3 Å². The van der Waals surface area contributed by atoms with Crippen LogP contribution in [0, 0.1) is 5.92 Å². The molecule has 1 atom stereocenters. The Morgan fingerprint density at radius 2 is 1.74 bits per heavy atom. The van der Waals surface area contributed by atoms with E-state index in [1.165, 1.54) is 18.4 Å². The number of nitrogens with one attached hydrogen (secondary N) is 1. The molecule has 4 heteroatoms. The Morgan fingerprint density at radius 1 is 1.09 bits per heavy atom. The minimum Gasteiger partial charge on any atom is -0.497 e. The summed E-state index contributed by atoms with van der Waals surface area (Å²) < 4.78 is 10.8. The van der Waals surface area contributed by atoms with Crippen LogP contribution in [0.2, 0.25) is 0 Å². The minimum absolute atomic E-state index is 0.402. The van der Waals surface area contributed by atoms with Gasteiger partial charge in [-0.3, -0.25) is 4.90 Å². The van der Waals surface area contributed by atoms with Crippen molar-refractivity contribution >= 4 is 0 Å². The molecule has 1 fully saturated rings. The van der Waals surface area contributed by atoms with Crippen molar-refractivity contribution in [2.24, 2.45) is 5.92 Å². The monoisotopic (exact) mass is 320 g/mol. The molecule has 2 rings (SSSR count). The van der Waals surface area contributed by atoms with Gasteiger partial charge in [-0.1, -0.05) is 38.8 Å². The van der Waals surface area contributed by atoms with Crippen LogP contribution >= 0.6 is 0 Å². The van der Waals surface area contributed by atoms with Crippen molar-refractivity contribution in [1.29, 1.82) is 0 Å². The maximum atomic E-state index is 5.52. The Labute approximate surface area is 141 Å². The van der Waals surface area contributed by atoms with Gasteiger partial charge in [-0.05, 0) is 30.2 Å². The molecule has 1 N–H and O–H groups in total. The third-order valence-electron chi connectivity index (χ3n) is 4.91. The van der Waals surface area contributed by atoms with Gasteiger partial charge in [0.2, 0.25) is 0 Å². The molecule has 1 unspecified atom stereocenters. The summed E-state index contributed by atoms with van der Waals surface area (Å²) in [6, 6.07) is 8.90. The first kappa shape index (κ1) is 18.2. The molecule has 23 heavy (non-hydrogen) atoms. The first-order chi connectivity index (χ1) is 11.3. The summed E-state index contributed by atoms with van der Waals surface area (Å²) in [6.07, 6.45) is 2.49. The van der Waals surface area contributed by atoms with E-state index in [1.807, 2.05) is 0 Å². The number of rotatable bonds is 9. The van der Waals surface area contributed by atoms with Gasteiger partial charge < -0.3 is 14.8 Å². The number of benzene rings is 1. The summed E-state index contributed by atoms with van der Waals surface area (Å²) in [5, 5.41) is 3.70. The highest BCUT2D eigenvalue weighted by Gasteiger charge is 2.22. The van der Waals surface area contributed by atoms with Crippen LogP contribution < -0.4 is 10.1 Å². The van der Waals surface area contributed by atoms with Crippen molar-refractivity contribution in [3.05, 3.63) is 29.8 Å².